The highest BCUT2D eigenvalue weighted by Gasteiger charge is 2.20. The number of ether oxygens (including phenoxy) is 1. The van der Waals surface area contributed by atoms with E-state index in [2.05, 4.69) is 10.2 Å². The summed E-state index contributed by atoms with van der Waals surface area (Å²) in [6.45, 7) is 7.98. The summed E-state index contributed by atoms with van der Waals surface area (Å²) in [6, 6.07) is 11.2. The van der Waals surface area contributed by atoms with Crippen LogP contribution in [-0.2, 0) is 7.05 Å². The molecule has 2 aromatic heterocycles. The first-order valence-corrected chi connectivity index (χ1v) is 10.0. The first-order chi connectivity index (χ1) is 14.4. The number of phenolic OH excluding ortho intramolecular Hbond substituents is 1. The predicted octanol–water partition coefficient (Wildman–Crippen LogP) is 4.58. The molecule has 158 valence electrons. The molecule has 7 heteroatoms. The van der Waals surface area contributed by atoms with Gasteiger partial charge < -0.3 is 14.4 Å². The second-order valence-corrected chi connectivity index (χ2v) is 7.12. The molecular weight excluding hydrogens is 380 g/mol. The lowest BCUT2D eigenvalue weighted by molar-refractivity contribution is 0.407. The SMILES string of the molecule is CC.COc1cc(O)c(C(C)C)cc1-c1n[nH]c(=O)n1-c1ccc2c(ccn2C)c1. The Morgan fingerprint density at radius 2 is 1.87 bits per heavy atom. The molecular formula is C23H28N4O3. The number of nitrogens with zero attached hydrogens (tertiary/aromatic N) is 3. The summed E-state index contributed by atoms with van der Waals surface area (Å²) in [5.41, 5.74) is 2.83. The van der Waals surface area contributed by atoms with Crippen LogP contribution >= 0.6 is 0 Å². The maximum Gasteiger partial charge on any atom is 0.348 e. The van der Waals surface area contributed by atoms with Crippen LogP contribution < -0.4 is 10.4 Å². The number of hydrogen-bond acceptors (Lipinski definition) is 4. The molecule has 2 heterocycles. The van der Waals surface area contributed by atoms with Crippen LogP contribution in [-0.4, -0.2) is 31.5 Å². The summed E-state index contributed by atoms with van der Waals surface area (Å²) in [7, 11) is 3.50. The van der Waals surface area contributed by atoms with Gasteiger partial charge in [-0.05, 0) is 41.8 Å². The normalized spacial score (nSPS) is 10.9. The quantitative estimate of drug-likeness (QED) is 0.517. The van der Waals surface area contributed by atoms with Crippen molar-refractivity contribution in [1.82, 2.24) is 19.3 Å². The molecule has 0 fully saturated rings. The van der Waals surface area contributed by atoms with E-state index in [1.165, 1.54) is 11.7 Å². The maximum atomic E-state index is 12.6. The van der Waals surface area contributed by atoms with Gasteiger partial charge in [-0.3, -0.25) is 0 Å². The number of phenols is 1. The third-order valence-electron chi connectivity index (χ3n) is 5.01. The Kier molecular flexibility index (Phi) is 6.01. The average molecular weight is 409 g/mol. The van der Waals surface area contributed by atoms with Crippen molar-refractivity contribution < 1.29 is 9.84 Å². The number of H-pyrrole nitrogens is 1. The van der Waals surface area contributed by atoms with Gasteiger partial charge in [0.15, 0.2) is 5.82 Å². The summed E-state index contributed by atoms with van der Waals surface area (Å²) < 4.78 is 9.00. The fraction of sp³-hybridized carbons (Fsp3) is 0.304. The Labute approximate surface area is 175 Å². The predicted molar refractivity (Wildman–Crippen MR) is 120 cm³/mol. The van der Waals surface area contributed by atoms with E-state index in [4.69, 9.17) is 4.74 Å². The summed E-state index contributed by atoms with van der Waals surface area (Å²) in [6.07, 6.45) is 1.98. The number of methoxy groups -OCH3 is 1. The van der Waals surface area contributed by atoms with Gasteiger partial charge in [-0.1, -0.05) is 27.7 Å². The topological polar surface area (TPSA) is 85.1 Å². The number of nitrogens with one attached hydrogen (secondary N) is 1. The van der Waals surface area contributed by atoms with Crippen molar-refractivity contribution in [3.8, 4) is 28.6 Å². The molecule has 0 saturated carbocycles. The molecule has 0 aliphatic heterocycles. The van der Waals surface area contributed by atoms with E-state index in [1.807, 2.05) is 75.8 Å². The largest absolute Gasteiger partial charge is 0.508 e. The highest BCUT2D eigenvalue weighted by Crippen LogP contribution is 2.38. The number of aromatic amines is 1. The number of rotatable bonds is 4. The Bertz CT molecular complexity index is 1230. The third-order valence-corrected chi connectivity index (χ3v) is 5.01. The van der Waals surface area contributed by atoms with Crippen LogP contribution in [0.2, 0.25) is 0 Å². The third kappa shape index (κ3) is 3.58. The van der Waals surface area contributed by atoms with Gasteiger partial charge in [-0.2, -0.15) is 5.10 Å². The molecule has 4 aromatic rings. The Balaban J connectivity index is 0.00000124. The Morgan fingerprint density at radius 1 is 1.13 bits per heavy atom. The fourth-order valence-corrected chi connectivity index (χ4v) is 3.52. The number of aryl methyl sites for hydroxylation is 1. The highest BCUT2D eigenvalue weighted by atomic mass is 16.5. The molecule has 0 atom stereocenters. The zero-order valence-corrected chi connectivity index (χ0v) is 18.2. The van der Waals surface area contributed by atoms with E-state index in [0.717, 1.165) is 16.5 Å². The van der Waals surface area contributed by atoms with E-state index in [-0.39, 0.29) is 17.4 Å². The van der Waals surface area contributed by atoms with Crippen molar-refractivity contribution >= 4 is 10.9 Å². The zero-order valence-electron chi connectivity index (χ0n) is 18.2. The maximum absolute atomic E-state index is 12.6. The molecule has 2 aromatic carbocycles. The van der Waals surface area contributed by atoms with Gasteiger partial charge in [0.1, 0.15) is 11.5 Å². The second kappa shape index (κ2) is 8.49. The molecule has 4 rings (SSSR count). The highest BCUT2D eigenvalue weighted by molar-refractivity contribution is 5.82. The van der Waals surface area contributed by atoms with E-state index in [1.54, 1.807) is 6.07 Å². The van der Waals surface area contributed by atoms with Crippen LogP contribution in [0.15, 0.2) is 47.4 Å². The fourth-order valence-electron chi connectivity index (χ4n) is 3.52. The van der Waals surface area contributed by atoms with Crippen LogP contribution in [0.25, 0.3) is 28.0 Å². The van der Waals surface area contributed by atoms with Crippen LogP contribution in [0, 0.1) is 0 Å². The van der Waals surface area contributed by atoms with Crippen molar-refractivity contribution in [3.63, 3.8) is 0 Å². The first kappa shape index (κ1) is 21.2. The monoisotopic (exact) mass is 408 g/mol. The summed E-state index contributed by atoms with van der Waals surface area (Å²) >= 11 is 0. The molecule has 0 saturated heterocycles. The first-order valence-electron chi connectivity index (χ1n) is 10.0. The van der Waals surface area contributed by atoms with Gasteiger partial charge in [0.2, 0.25) is 0 Å². The van der Waals surface area contributed by atoms with Crippen LogP contribution in [0.4, 0.5) is 0 Å². The van der Waals surface area contributed by atoms with Gasteiger partial charge in [0.25, 0.3) is 0 Å². The summed E-state index contributed by atoms with van der Waals surface area (Å²) in [4.78, 5) is 12.6. The minimum Gasteiger partial charge on any atom is -0.508 e. The van der Waals surface area contributed by atoms with E-state index < -0.39 is 0 Å². The van der Waals surface area contributed by atoms with Crippen molar-refractivity contribution in [2.45, 2.75) is 33.6 Å². The van der Waals surface area contributed by atoms with E-state index in [0.29, 0.717) is 22.8 Å². The lowest BCUT2D eigenvalue weighted by atomic mass is 9.98. The molecule has 0 aliphatic carbocycles. The minimum absolute atomic E-state index is 0.101. The van der Waals surface area contributed by atoms with Gasteiger partial charge in [0, 0.05) is 30.2 Å². The van der Waals surface area contributed by atoms with Crippen LogP contribution in [0.1, 0.15) is 39.2 Å². The average Bonchev–Trinajstić information content (AvgIpc) is 3.31. The second-order valence-electron chi connectivity index (χ2n) is 7.12. The van der Waals surface area contributed by atoms with Crippen LogP contribution in [0.3, 0.4) is 0 Å². The number of fused-ring (bicyclic) bond motifs is 1. The van der Waals surface area contributed by atoms with Gasteiger partial charge in [-0.25, -0.2) is 14.5 Å². The van der Waals surface area contributed by atoms with Crippen molar-refractivity contribution in [3.05, 3.63) is 58.6 Å². The molecule has 30 heavy (non-hydrogen) atoms. The van der Waals surface area contributed by atoms with Gasteiger partial charge in [-0.15, -0.1) is 0 Å². The lowest BCUT2D eigenvalue weighted by Crippen LogP contribution is -2.15. The molecule has 2 N–H and O–H groups in total. The molecule has 0 bridgehead atoms. The van der Waals surface area contributed by atoms with E-state index in [9.17, 15) is 9.90 Å². The minimum atomic E-state index is -0.341. The molecule has 0 radical (unpaired) electrons. The standard InChI is InChI=1S/C21H22N4O3.C2H6/c1-12(2)15-10-16(19(28-4)11-18(15)26)20-22-23-21(27)25(20)14-5-6-17-13(9-14)7-8-24(17)3;1-2/h5-12,26H,1-4H3,(H,23,27);1-2H3. The number of aromatic hydroxyl groups is 1. The molecule has 0 spiro atoms. The van der Waals surface area contributed by atoms with E-state index >= 15 is 0 Å². The molecule has 0 aliphatic rings. The van der Waals surface area contributed by atoms with Crippen molar-refractivity contribution in [2.24, 2.45) is 7.05 Å². The molecule has 7 nitrogen and oxygen atoms in total. The smallest absolute Gasteiger partial charge is 0.348 e. The zero-order chi connectivity index (χ0) is 22.0. The Morgan fingerprint density at radius 3 is 2.53 bits per heavy atom. The summed E-state index contributed by atoms with van der Waals surface area (Å²) in [5, 5.41) is 18.1. The summed E-state index contributed by atoms with van der Waals surface area (Å²) in [5.74, 6) is 1.14. The Hall–Kier alpha value is -3.48. The van der Waals surface area contributed by atoms with Crippen molar-refractivity contribution in [1.29, 1.82) is 0 Å². The van der Waals surface area contributed by atoms with Crippen LogP contribution in [0.5, 0.6) is 11.5 Å². The van der Waals surface area contributed by atoms with Gasteiger partial charge >= 0.3 is 5.69 Å². The number of benzene rings is 2. The lowest BCUT2D eigenvalue weighted by Gasteiger charge is -2.15. The van der Waals surface area contributed by atoms with Crippen molar-refractivity contribution in [2.75, 3.05) is 7.11 Å². The van der Waals surface area contributed by atoms with Gasteiger partial charge in [0.05, 0.1) is 18.4 Å². The number of hydrogen-bond donors (Lipinski definition) is 2. The number of aromatic nitrogens is 4. The molecule has 0 amide bonds. The molecule has 0 unspecified atom stereocenters.